The Kier molecular flexibility index (Phi) is 5.08. The van der Waals surface area contributed by atoms with Crippen molar-refractivity contribution < 1.29 is 14.4 Å². The maximum absolute atomic E-state index is 12.6. The molecule has 2 fully saturated rings. The van der Waals surface area contributed by atoms with Crippen molar-refractivity contribution in [1.82, 2.24) is 15.5 Å². The van der Waals surface area contributed by atoms with Gasteiger partial charge in [-0.25, -0.2) is 4.79 Å². The van der Waals surface area contributed by atoms with E-state index < -0.39 is 11.6 Å². The van der Waals surface area contributed by atoms with Crippen molar-refractivity contribution in [2.45, 2.75) is 70.9 Å². The molecule has 1 spiro atoms. The van der Waals surface area contributed by atoms with Crippen molar-refractivity contribution in [2.24, 2.45) is 5.92 Å². The number of urea groups is 1. The number of hydrogen-bond donors (Lipinski definition) is 2. The van der Waals surface area contributed by atoms with Gasteiger partial charge >= 0.3 is 6.03 Å². The monoisotopic (exact) mass is 309 g/mol. The van der Waals surface area contributed by atoms with E-state index in [1.807, 2.05) is 13.8 Å². The van der Waals surface area contributed by atoms with E-state index in [1.54, 1.807) is 0 Å². The van der Waals surface area contributed by atoms with Crippen LogP contribution in [0.5, 0.6) is 0 Å². The van der Waals surface area contributed by atoms with Gasteiger partial charge in [-0.3, -0.25) is 14.5 Å². The first-order chi connectivity index (χ1) is 10.4. The Morgan fingerprint density at radius 2 is 2.05 bits per heavy atom. The van der Waals surface area contributed by atoms with Crippen LogP contribution in [0.3, 0.4) is 0 Å². The van der Waals surface area contributed by atoms with E-state index >= 15 is 0 Å². The maximum Gasteiger partial charge on any atom is 0.325 e. The molecule has 124 valence electrons. The van der Waals surface area contributed by atoms with Crippen molar-refractivity contribution >= 4 is 17.8 Å². The van der Waals surface area contributed by atoms with Crippen molar-refractivity contribution in [1.29, 1.82) is 0 Å². The largest absolute Gasteiger partial charge is 0.352 e. The number of amides is 4. The number of nitrogens with zero attached hydrogens (tertiary/aromatic N) is 1. The Labute approximate surface area is 132 Å². The molecule has 0 aromatic heterocycles. The molecule has 0 aromatic rings. The first-order valence-electron chi connectivity index (χ1n) is 8.31. The number of nitrogens with one attached hydrogen (secondary N) is 2. The van der Waals surface area contributed by atoms with Gasteiger partial charge in [-0.05, 0) is 44.9 Å². The fourth-order valence-electron chi connectivity index (χ4n) is 3.38. The Balaban J connectivity index is 1.96. The van der Waals surface area contributed by atoms with E-state index in [-0.39, 0.29) is 24.4 Å². The maximum atomic E-state index is 12.6. The SMILES string of the molecule is CCC[C@H](C)NC(=O)CN1C(=O)NC2(CCC(C)CC2)C1=O. The van der Waals surface area contributed by atoms with Gasteiger partial charge in [0.2, 0.25) is 5.91 Å². The average molecular weight is 309 g/mol. The molecule has 1 aliphatic heterocycles. The molecule has 1 atom stereocenters. The molecular weight excluding hydrogens is 282 g/mol. The Morgan fingerprint density at radius 1 is 1.41 bits per heavy atom. The van der Waals surface area contributed by atoms with Crippen LogP contribution in [-0.4, -0.2) is 40.9 Å². The summed E-state index contributed by atoms with van der Waals surface area (Å²) in [5, 5.41) is 5.67. The quantitative estimate of drug-likeness (QED) is 0.760. The topological polar surface area (TPSA) is 78.5 Å². The second kappa shape index (κ2) is 6.67. The standard InChI is InChI=1S/C16H27N3O3/c1-4-5-12(3)17-13(20)10-19-14(21)16(18-15(19)22)8-6-11(2)7-9-16/h11-12H,4-10H2,1-3H3,(H,17,20)(H,18,22)/t11?,12-,16?/m0/s1. The van der Waals surface area contributed by atoms with Crippen molar-refractivity contribution in [3.8, 4) is 0 Å². The fraction of sp³-hybridized carbons (Fsp3) is 0.812. The molecule has 2 rings (SSSR count). The molecular formula is C16H27N3O3. The predicted octanol–water partition coefficient (Wildman–Crippen LogP) is 1.79. The number of carbonyl (C=O) groups is 3. The van der Waals surface area contributed by atoms with E-state index in [9.17, 15) is 14.4 Å². The molecule has 6 heteroatoms. The van der Waals surface area contributed by atoms with Crippen LogP contribution in [0.2, 0.25) is 0 Å². The zero-order valence-corrected chi connectivity index (χ0v) is 13.8. The zero-order chi connectivity index (χ0) is 16.3. The number of rotatable bonds is 5. The molecule has 0 unspecified atom stereocenters. The summed E-state index contributed by atoms with van der Waals surface area (Å²) in [4.78, 5) is 37.8. The summed E-state index contributed by atoms with van der Waals surface area (Å²) < 4.78 is 0. The second-order valence-corrected chi connectivity index (χ2v) is 6.84. The highest BCUT2D eigenvalue weighted by molar-refractivity contribution is 6.09. The van der Waals surface area contributed by atoms with Crippen LogP contribution in [-0.2, 0) is 9.59 Å². The summed E-state index contributed by atoms with van der Waals surface area (Å²) in [6.45, 7) is 5.95. The van der Waals surface area contributed by atoms with Crippen molar-refractivity contribution in [3.63, 3.8) is 0 Å². The van der Waals surface area contributed by atoms with Gasteiger partial charge in [0.25, 0.3) is 5.91 Å². The normalized spacial score (nSPS) is 29.6. The minimum absolute atomic E-state index is 0.0581. The minimum Gasteiger partial charge on any atom is -0.352 e. The van der Waals surface area contributed by atoms with Crippen molar-refractivity contribution in [2.75, 3.05) is 6.54 Å². The van der Waals surface area contributed by atoms with Crippen molar-refractivity contribution in [3.05, 3.63) is 0 Å². The summed E-state index contributed by atoms with van der Waals surface area (Å²) in [5.74, 6) is 0.0796. The van der Waals surface area contributed by atoms with Gasteiger partial charge in [0.05, 0.1) is 0 Å². The second-order valence-electron chi connectivity index (χ2n) is 6.84. The van der Waals surface area contributed by atoms with E-state index in [0.29, 0.717) is 18.8 Å². The lowest BCUT2D eigenvalue weighted by atomic mass is 9.77. The van der Waals surface area contributed by atoms with E-state index in [2.05, 4.69) is 17.6 Å². The van der Waals surface area contributed by atoms with Crippen LogP contribution in [0.1, 0.15) is 59.3 Å². The summed E-state index contributed by atoms with van der Waals surface area (Å²) in [6.07, 6.45) is 5.06. The average Bonchev–Trinajstić information content (AvgIpc) is 2.67. The highest BCUT2D eigenvalue weighted by Crippen LogP contribution is 2.36. The zero-order valence-electron chi connectivity index (χ0n) is 13.8. The highest BCUT2D eigenvalue weighted by atomic mass is 16.2. The van der Waals surface area contributed by atoms with Gasteiger partial charge in [-0.1, -0.05) is 20.3 Å². The summed E-state index contributed by atoms with van der Waals surface area (Å²) >= 11 is 0. The first kappa shape index (κ1) is 16.8. The molecule has 1 heterocycles. The number of hydrogen-bond acceptors (Lipinski definition) is 3. The van der Waals surface area contributed by atoms with E-state index in [1.165, 1.54) is 0 Å². The van der Waals surface area contributed by atoms with Gasteiger partial charge in [0.15, 0.2) is 0 Å². The summed E-state index contributed by atoms with van der Waals surface area (Å²) in [7, 11) is 0. The van der Waals surface area contributed by atoms with Gasteiger partial charge in [0, 0.05) is 6.04 Å². The summed E-state index contributed by atoms with van der Waals surface area (Å²) in [6, 6.07) is -0.374. The third-order valence-corrected chi connectivity index (χ3v) is 4.80. The van der Waals surface area contributed by atoms with E-state index in [0.717, 1.165) is 30.6 Å². The molecule has 6 nitrogen and oxygen atoms in total. The molecule has 0 aromatic carbocycles. The molecule has 0 bridgehead atoms. The first-order valence-corrected chi connectivity index (χ1v) is 8.31. The fourth-order valence-corrected chi connectivity index (χ4v) is 3.38. The number of imide groups is 1. The van der Waals surface area contributed by atoms with Gasteiger partial charge in [0.1, 0.15) is 12.1 Å². The number of carbonyl (C=O) groups excluding carboxylic acids is 3. The van der Waals surface area contributed by atoms with Gasteiger partial charge in [-0.15, -0.1) is 0 Å². The van der Waals surface area contributed by atoms with E-state index in [4.69, 9.17) is 0 Å². The molecule has 1 saturated heterocycles. The third-order valence-electron chi connectivity index (χ3n) is 4.80. The van der Waals surface area contributed by atoms with Crippen LogP contribution in [0, 0.1) is 5.92 Å². The van der Waals surface area contributed by atoms with Crippen LogP contribution < -0.4 is 10.6 Å². The Morgan fingerprint density at radius 3 is 2.64 bits per heavy atom. The molecule has 1 aliphatic carbocycles. The third kappa shape index (κ3) is 3.42. The van der Waals surface area contributed by atoms with Gasteiger partial charge < -0.3 is 10.6 Å². The summed E-state index contributed by atoms with van der Waals surface area (Å²) in [5.41, 5.74) is -0.765. The molecule has 2 aliphatic rings. The highest BCUT2D eigenvalue weighted by Gasteiger charge is 2.52. The smallest absolute Gasteiger partial charge is 0.325 e. The lowest BCUT2D eigenvalue weighted by Crippen LogP contribution is -2.50. The van der Waals surface area contributed by atoms with Gasteiger partial charge in [-0.2, -0.15) is 0 Å². The molecule has 0 radical (unpaired) electrons. The Hall–Kier alpha value is -1.59. The van der Waals surface area contributed by atoms with Crippen LogP contribution in [0.25, 0.3) is 0 Å². The predicted molar refractivity (Wildman–Crippen MR) is 83.1 cm³/mol. The Bertz CT molecular complexity index is 456. The lowest BCUT2D eigenvalue weighted by molar-refractivity contribution is -0.136. The van der Waals surface area contributed by atoms with Crippen LogP contribution in [0.15, 0.2) is 0 Å². The minimum atomic E-state index is -0.765. The molecule has 2 N–H and O–H groups in total. The molecule has 1 saturated carbocycles. The molecule has 4 amide bonds. The van der Waals surface area contributed by atoms with Crippen LogP contribution in [0.4, 0.5) is 4.79 Å². The van der Waals surface area contributed by atoms with Crippen LogP contribution >= 0.6 is 0 Å². The molecule has 22 heavy (non-hydrogen) atoms. The lowest BCUT2D eigenvalue weighted by Gasteiger charge is -2.33.